The van der Waals surface area contributed by atoms with Crippen LogP contribution in [0.1, 0.15) is 42.2 Å². The van der Waals surface area contributed by atoms with E-state index in [0.717, 1.165) is 29.7 Å². The van der Waals surface area contributed by atoms with Crippen molar-refractivity contribution in [3.05, 3.63) is 16.0 Å². The number of nitrogens with zero attached hydrogens (tertiary/aromatic N) is 2. The second kappa shape index (κ2) is 6.59. The number of carbonyl (C=O) groups excluding carboxylic acids is 2. The molecular formula is C16H19N3O3S. The number of ether oxygens (including phenoxy) is 1. The molecule has 2 aliphatic rings. The summed E-state index contributed by atoms with van der Waals surface area (Å²) in [6.45, 7) is 3.10. The van der Waals surface area contributed by atoms with E-state index in [1.807, 2.05) is 0 Å². The standard InChI is InChI=1S/C16H19N3O3S/c1-2-22-16(21)19-7-6-11-12(8-17)15(23-13(11)9-19)18-14(20)10-4-3-5-10/h10H,2-7,9H2,1H3,(H,18,20). The monoisotopic (exact) mass is 333 g/mol. The minimum atomic E-state index is -0.329. The van der Waals surface area contributed by atoms with E-state index in [-0.39, 0.29) is 17.9 Å². The molecule has 2 amide bonds. The Morgan fingerprint density at radius 2 is 2.26 bits per heavy atom. The third-order valence-electron chi connectivity index (χ3n) is 4.41. The fraction of sp³-hybridized carbons (Fsp3) is 0.562. The van der Waals surface area contributed by atoms with Crippen LogP contribution in [0, 0.1) is 17.2 Å². The van der Waals surface area contributed by atoms with Crippen LogP contribution in [0.15, 0.2) is 0 Å². The number of thiophene rings is 1. The molecule has 1 N–H and O–H groups in total. The normalized spacial score (nSPS) is 17.0. The zero-order chi connectivity index (χ0) is 16.4. The summed E-state index contributed by atoms with van der Waals surface area (Å²) in [6.07, 6.45) is 3.24. The maximum Gasteiger partial charge on any atom is 0.410 e. The average molecular weight is 333 g/mol. The zero-order valence-corrected chi connectivity index (χ0v) is 13.9. The summed E-state index contributed by atoms with van der Waals surface area (Å²) in [6, 6.07) is 2.21. The Morgan fingerprint density at radius 3 is 2.87 bits per heavy atom. The lowest BCUT2D eigenvalue weighted by atomic mass is 9.85. The van der Waals surface area contributed by atoms with E-state index in [9.17, 15) is 14.9 Å². The Labute approximate surface area is 139 Å². The summed E-state index contributed by atoms with van der Waals surface area (Å²) < 4.78 is 5.03. The molecule has 0 bridgehead atoms. The van der Waals surface area contributed by atoms with Crippen LogP contribution in [-0.2, 0) is 22.5 Å². The molecule has 1 saturated carbocycles. The van der Waals surface area contributed by atoms with Gasteiger partial charge in [-0.3, -0.25) is 4.79 Å². The number of carbonyl (C=O) groups is 2. The molecule has 3 rings (SSSR count). The molecule has 6 nitrogen and oxygen atoms in total. The maximum absolute atomic E-state index is 12.1. The summed E-state index contributed by atoms with van der Waals surface area (Å²) in [5.74, 6) is 0.0882. The highest BCUT2D eigenvalue weighted by Gasteiger charge is 2.30. The van der Waals surface area contributed by atoms with Crippen LogP contribution in [0.4, 0.5) is 9.80 Å². The van der Waals surface area contributed by atoms with Crippen LogP contribution in [-0.4, -0.2) is 30.1 Å². The van der Waals surface area contributed by atoms with Crippen LogP contribution >= 0.6 is 11.3 Å². The molecule has 0 radical (unpaired) electrons. The van der Waals surface area contributed by atoms with Crippen molar-refractivity contribution in [2.75, 3.05) is 18.5 Å². The third kappa shape index (κ3) is 3.04. The lowest BCUT2D eigenvalue weighted by molar-refractivity contribution is -0.122. The van der Waals surface area contributed by atoms with E-state index in [0.29, 0.717) is 36.7 Å². The van der Waals surface area contributed by atoms with Crippen molar-refractivity contribution in [3.63, 3.8) is 0 Å². The lowest BCUT2D eigenvalue weighted by Crippen LogP contribution is -2.35. The molecule has 0 saturated heterocycles. The first-order valence-electron chi connectivity index (χ1n) is 7.91. The highest BCUT2D eigenvalue weighted by Crippen LogP contribution is 2.38. The number of fused-ring (bicyclic) bond motifs is 1. The largest absolute Gasteiger partial charge is 0.450 e. The molecule has 0 unspecified atom stereocenters. The van der Waals surface area contributed by atoms with Gasteiger partial charge in [0.05, 0.1) is 18.7 Å². The molecule has 7 heteroatoms. The van der Waals surface area contributed by atoms with E-state index in [2.05, 4.69) is 11.4 Å². The predicted octanol–water partition coefficient (Wildman–Crippen LogP) is 2.87. The molecule has 0 atom stereocenters. The fourth-order valence-electron chi connectivity index (χ4n) is 2.86. The van der Waals surface area contributed by atoms with Gasteiger partial charge in [-0.05, 0) is 31.7 Å². The van der Waals surface area contributed by atoms with E-state index >= 15 is 0 Å². The zero-order valence-electron chi connectivity index (χ0n) is 13.1. The van der Waals surface area contributed by atoms with Gasteiger partial charge in [0.15, 0.2) is 0 Å². The summed E-state index contributed by atoms with van der Waals surface area (Å²) >= 11 is 1.40. The summed E-state index contributed by atoms with van der Waals surface area (Å²) in [5, 5.41) is 13.0. The minimum absolute atomic E-state index is 0.00796. The first-order valence-corrected chi connectivity index (χ1v) is 8.72. The summed E-state index contributed by atoms with van der Waals surface area (Å²) in [5.41, 5.74) is 1.52. The SMILES string of the molecule is CCOC(=O)N1CCc2c(sc(NC(=O)C3CCC3)c2C#N)C1. The lowest BCUT2D eigenvalue weighted by Gasteiger charge is -2.25. The van der Waals surface area contributed by atoms with Gasteiger partial charge in [-0.15, -0.1) is 11.3 Å². The molecule has 1 aromatic rings. The van der Waals surface area contributed by atoms with Gasteiger partial charge < -0.3 is 15.0 Å². The Balaban J connectivity index is 1.78. The second-order valence-corrected chi connectivity index (χ2v) is 6.91. The Hall–Kier alpha value is -2.07. The average Bonchev–Trinajstić information content (AvgIpc) is 2.81. The first-order chi connectivity index (χ1) is 11.1. The summed E-state index contributed by atoms with van der Waals surface area (Å²) in [7, 11) is 0. The molecular weight excluding hydrogens is 314 g/mol. The van der Waals surface area contributed by atoms with Crippen LogP contribution in [0.2, 0.25) is 0 Å². The molecule has 2 heterocycles. The van der Waals surface area contributed by atoms with Crippen LogP contribution in [0.25, 0.3) is 0 Å². The van der Waals surface area contributed by atoms with E-state index in [4.69, 9.17) is 4.74 Å². The Bertz CT molecular complexity index is 673. The van der Waals surface area contributed by atoms with Gasteiger partial charge >= 0.3 is 6.09 Å². The van der Waals surface area contributed by atoms with Gasteiger partial charge in [0, 0.05) is 17.3 Å². The second-order valence-electron chi connectivity index (χ2n) is 5.81. The fourth-order valence-corrected chi connectivity index (χ4v) is 4.08. The van der Waals surface area contributed by atoms with Crippen molar-refractivity contribution in [2.45, 2.75) is 39.2 Å². The molecule has 1 aromatic heterocycles. The molecule has 122 valence electrons. The van der Waals surface area contributed by atoms with Gasteiger partial charge in [-0.1, -0.05) is 6.42 Å². The number of amides is 2. The number of anilines is 1. The third-order valence-corrected chi connectivity index (χ3v) is 5.54. The molecule has 1 fully saturated rings. The highest BCUT2D eigenvalue weighted by atomic mass is 32.1. The van der Waals surface area contributed by atoms with E-state index in [1.165, 1.54) is 11.3 Å². The molecule has 1 aliphatic carbocycles. The summed E-state index contributed by atoms with van der Waals surface area (Å²) in [4.78, 5) is 26.6. The van der Waals surface area contributed by atoms with Crippen molar-refractivity contribution in [1.29, 1.82) is 5.26 Å². The van der Waals surface area contributed by atoms with Gasteiger partial charge in [-0.25, -0.2) is 4.79 Å². The quantitative estimate of drug-likeness (QED) is 0.922. The van der Waals surface area contributed by atoms with Gasteiger partial charge in [-0.2, -0.15) is 5.26 Å². The highest BCUT2D eigenvalue weighted by molar-refractivity contribution is 7.16. The number of rotatable bonds is 3. The Morgan fingerprint density at radius 1 is 1.48 bits per heavy atom. The molecule has 23 heavy (non-hydrogen) atoms. The van der Waals surface area contributed by atoms with Crippen molar-refractivity contribution in [3.8, 4) is 6.07 Å². The number of hydrogen-bond donors (Lipinski definition) is 1. The van der Waals surface area contributed by atoms with E-state index < -0.39 is 0 Å². The van der Waals surface area contributed by atoms with Gasteiger partial charge in [0.2, 0.25) is 5.91 Å². The van der Waals surface area contributed by atoms with Crippen molar-refractivity contribution in [2.24, 2.45) is 5.92 Å². The van der Waals surface area contributed by atoms with Crippen LogP contribution in [0.3, 0.4) is 0 Å². The Kier molecular flexibility index (Phi) is 4.53. The van der Waals surface area contributed by atoms with E-state index in [1.54, 1.807) is 11.8 Å². The predicted molar refractivity (Wildman–Crippen MR) is 86.1 cm³/mol. The van der Waals surface area contributed by atoms with Gasteiger partial charge in [0.25, 0.3) is 0 Å². The molecule has 1 aliphatic heterocycles. The first kappa shape index (κ1) is 15.8. The minimum Gasteiger partial charge on any atom is -0.450 e. The van der Waals surface area contributed by atoms with Gasteiger partial charge in [0.1, 0.15) is 11.1 Å². The number of nitriles is 1. The van der Waals surface area contributed by atoms with Crippen LogP contribution in [0.5, 0.6) is 0 Å². The van der Waals surface area contributed by atoms with Crippen molar-refractivity contribution in [1.82, 2.24) is 4.90 Å². The number of hydrogen-bond acceptors (Lipinski definition) is 5. The number of nitrogens with one attached hydrogen (secondary N) is 1. The molecule has 0 spiro atoms. The van der Waals surface area contributed by atoms with Crippen LogP contribution < -0.4 is 5.32 Å². The molecule has 0 aromatic carbocycles. The maximum atomic E-state index is 12.1. The smallest absolute Gasteiger partial charge is 0.410 e. The van der Waals surface area contributed by atoms with Crippen molar-refractivity contribution < 1.29 is 14.3 Å². The topological polar surface area (TPSA) is 82.4 Å². The van der Waals surface area contributed by atoms with Crippen molar-refractivity contribution >= 4 is 28.3 Å².